The van der Waals surface area contributed by atoms with Crippen LogP contribution in [0.4, 0.5) is 0 Å². The number of pyridine rings is 1. The van der Waals surface area contributed by atoms with Crippen LogP contribution in [0.15, 0.2) is 18.2 Å². The topological polar surface area (TPSA) is 45.6 Å². The Labute approximate surface area is 102 Å². The Morgan fingerprint density at radius 1 is 1.24 bits per heavy atom. The summed E-state index contributed by atoms with van der Waals surface area (Å²) in [4.78, 5) is 6.81. The first kappa shape index (κ1) is 12.5. The largest absolute Gasteiger partial charge is 0.390 e. The number of nitrogens with zero attached hydrogens (tertiary/aromatic N) is 2. The molecule has 4 heteroatoms. The van der Waals surface area contributed by atoms with Crippen molar-refractivity contribution in [2.45, 2.75) is 19.4 Å². The quantitative estimate of drug-likeness (QED) is 0.823. The van der Waals surface area contributed by atoms with Crippen molar-refractivity contribution in [1.29, 1.82) is 0 Å². The van der Waals surface area contributed by atoms with Gasteiger partial charge in [0.1, 0.15) is 0 Å². The molecule has 0 radical (unpaired) electrons. The summed E-state index contributed by atoms with van der Waals surface area (Å²) in [6, 6.07) is 5.84. The zero-order valence-corrected chi connectivity index (χ0v) is 10.1. The fourth-order valence-corrected chi connectivity index (χ4v) is 2.07. The average molecular weight is 236 g/mol. The van der Waals surface area contributed by atoms with Crippen LogP contribution in [0.5, 0.6) is 0 Å². The molecule has 0 spiro atoms. The summed E-state index contributed by atoms with van der Waals surface area (Å²) in [7, 11) is 0. The number of hydrogen-bond donors (Lipinski definition) is 1. The molecule has 1 N–H and O–H groups in total. The van der Waals surface area contributed by atoms with Crippen molar-refractivity contribution >= 4 is 0 Å². The molecule has 1 aliphatic rings. The summed E-state index contributed by atoms with van der Waals surface area (Å²) in [5, 5.41) is 9.01. The lowest BCUT2D eigenvalue weighted by Crippen LogP contribution is -2.36. The van der Waals surface area contributed by atoms with Crippen LogP contribution in [0.25, 0.3) is 0 Å². The zero-order valence-electron chi connectivity index (χ0n) is 10.1. The third kappa shape index (κ3) is 4.07. The van der Waals surface area contributed by atoms with Gasteiger partial charge in [-0.2, -0.15) is 0 Å². The van der Waals surface area contributed by atoms with Crippen molar-refractivity contribution in [3.63, 3.8) is 0 Å². The van der Waals surface area contributed by atoms with E-state index in [1.807, 2.05) is 18.2 Å². The Bertz CT molecular complexity index is 338. The van der Waals surface area contributed by atoms with E-state index in [4.69, 9.17) is 9.84 Å². The van der Waals surface area contributed by atoms with Crippen molar-refractivity contribution < 1.29 is 9.84 Å². The monoisotopic (exact) mass is 236 g/mol. The van der Waals surface area contributed by atoms with E-state index in [0.29, 0.717) is 0 Å². The van der Waals surface area contributed by atoms with Gasteiger partial charge in [0.25, 0.3) is 0 Å². The minimum Gasteiger partial charge on any atom is -0.390 e. The Morgan fingerprint density at radius 2 is 2.00 bits per heavy atom. The van der Waals surface area contributed by atoms with E-state index in [2.05, 4.69) is 9.88 Å². The van der Waals surface area contributed by atoms with E-state index >= 15 is 0 Å². The van der Waals surface area contributed by atoms with Crippen LogP contribution in [-0.2, 0) is 17.8 Å². The highest BCUT2D eigenvalue weighted by Crippen LogP contribution is 2.05. The van der Waals surface area contributed by atoms with Gasteiger partial charge in [-0.15, -0.1) is 0 Å². The number of aliphatic hydroxyl groups excluding tert-OH is 1. The standard InChI is InChI=1S/C13H20N2O2/c16-11-13-4-1-3-12(14-13)5-2-6-15-7-9-17-10-8-15/h1,3-4,16H,2,5-11H2. The number of aryl methyl sites for hydroxylation is 1. The van der Waals surface area contributed by atoms with Crippen LogP contribution >= 0.6 is 0 Å². The molecule has 1 aliphatic heterocycles. The van der Waals surface area contributed by atoms with Gasteiger partial charge < -0.3 is 9.84 Å². The lowest BCUT2D eigenvalue weighted by atomic mass is 10.2. The lowest BCUT2D eigenvalue weighted by molar-refractivity contribution is 0.0374. The van der Waals surface area contributed by atoms with Crippen LogP contribution < -0.4 is 0 Å². The van der Waals surface area contributed by atoms with Crippen LogP contribution in [0.2, 0.25) is 0 Å². The SMILES string of the molecule is OCc1cccc(CCCN2CCOCC2)n1. The molecule has 4 nitrogen and oxygen atoms in total. The van der Waals surface area contributed by atoms with Crippen molar-refractivity contribution in [1.82, 2.24) is 9.88 Å². The van der Waals surface area contributed by atoms with E-state index in [1.54, 1.807) is 0 Å². The third-order valence-corrected chi connectivity index (χ3v) is 3.04. The number of ether oxygens (including phenoxy) is 1. The molecule has 0 amide bonds. The first-order valence-electron chi connectivity index (χ1n) is 6.24. The van der Waals surface area contributed by atoms with Crippen LogP contribution in [-0.4, -0.2) is 47.8 Å². The number of hydrogen-bond acceptors (Lipinski definition) is 4. The van der Waals surface area contributed by atoms with Crippen molar-refractivity contribution in [2.75, 3.05) is 32.8 Å². The van der Waals surface area contributed by atoms with Gasteiger partial charge in [-0.05, 0) is 31.5 Å². The predicted molar refractivity (Wildman–Crippen MR) is 65.7 cm³/mol. The molecule has 0 unspecified atom stereocenters. The molecule has 1 fully saturated rings. The molecule has 2 heterocycles. The molecule has 0 saturated carbocycles. The first-order valence-corrected chi connectivity index (χ1v) is 6.24. The fraction of sp³-hybridized carbons (Fsp3) is 0.615. The second-order valence-electron chi connectivity index (χ2n) is 4.34. The summed E-state index contributed by atoms with van der Waals surface area (Å²) < 4.78 is 5.31. The molecule has 17 heavy (non-hydrogen) atoms. The number of aromatic nitrogens is 1. The van der Waals surface area contributed by atoms with Crippen molar-refractivity contribution in [2.24, 2.45) is 0 Å². The maximum atomic E-state index is 9.01. The molecule has 2 rings (SSSR count). The van der Waals surface area contributed by atoms with Gasteiger partial charge in [0, 0.05) is 18.8 Å². The van der Waals surface area contributed by atoms with Gasteiger partial charge in [-0.25, -0.2) is 0 Å². The molecular weight excluding hydrogens is 216 g/mol. The smallest absolute Gasteiger partial charge is 0.0853 e. The Balaban J connectivity index is 1.73. The van der Waals surface area contributed by atoms with Crippen molar-refractivity contribution in [3.8, 4) is 0 Å². The van der Waals surface area contributed by atoms with Gasteiger partial charge in [0.2, 0.25) is 0 Å². The molecule has 1 saturated heterocycles. The van der Waals surface area contributed by atoms with Crippen LogP contribution in [0.1, 0.15) is 17.8 Å². The normalized spacial score (nSPS) is 17.2. The van der Waals surface area contributed by atoms with Gasteiger partial charge in [-0.1, -0.05) is 6.07 Å². The molecule has 0 atom stereocenters. The second-order valence-corrected chi connectivity index (χ2v) is 4.34. The summed E-state index contributed by atoms with van der Waals surface area (Å²) in [6.07, 6.45) is 2.09. The summed E-state index contributed by atoms with van der Waals surface area (Å²) in [5.74, 6) is 0. The molecule has 1 aromatic heterocycles. The van der Waals surface area contributed by atoms with Gasteiger partial charge in [0.05, 0.1) is 25.5 Å². The predicted octanol–water partition coefficient (Wildman–Crippen LogP) is 0.839. The van der Waals surface area contributed by atoms with E-state index in [9.17, 15) is 0 Å². The molecule has 1 aromatic rings. The molecule has 94 valence electrons. The van der Waals surface area contributed by atoms with Gasteiger partial charge in [0.15, 0.2) is 0 Å². The molecule has 0 aromatic carbocycles. The highest BCUT2D eigenvalue weighted by Gasteiger charge is 2.09. The first-order chi connectivity index (χ1) is 8.38. The number of morpholine rings is 1. The van der Waals surface area contributed by atoms with Gasteiger partial charge >= 0.3 is 0 Å². The molecule has 0 aliphatic carbocycles. The van der Waals surface area contributed by atoms with E-state index in [1.165, 1.54) is 0 Å². The fourth-order valence-electron chi connectivity index (χ4n) is 2.07. The van der Waals surface area contributed by atoms with E-state index in [0.717, 1.165) is 57.1 Å². The van der Waals surface area contributed by atoms with E-state index < -0.39 is 0 Å². The zero-order chi connectivity index (χ0) is 11.9. The van der Waals surface area contributed by atoms with Crippen LogP contribution in [0.3, 0.4) is 0 Å². The number of rotatable bonds is 5. The minimum atomic E-state index is 0.0251. The Morgan fingerprint density at radius 3 is 2.76 bits per heavy atom. The van der Waals surface area contributed by atoms with E-state index in [-0.39, 0.29) is 6.61 Å². The molecular formula is C13H20N2O2. The highest BCUT2D eigenvalue weighted by molar-refractivity contribution is 5.10. The second kappa shape index (κ2) is 6.69. The Hall–Kier alpha value is -0.970. The highest BCUT2D eigenvalue weighted by atomic mass is 16.5. The van der Waals surface area contributed by atoms with Gasteiger partial charge in [-0.3, -0.25) is 9.88 Å². The maximum absolute atomic E-state index is 9.01. The lowest BCUT2D eigenvalue weighted by Gasteiger charge is -2.26. The van der Waals surface area contributed by atoms with Crippen molar-refractivity contribution in [3.05, 3.63) is 29.6 Å². The third-order valence-electron chi connectivity index (χ3n) is 3.04. The summed E-state index contributed by atoms with van der Waals surface area (Å²) in [6.45, 7) is 4.94. The summed E-state index contributed by atoms with van der Waals surface area (Å²) in [5.41, 5.74) is 1.83. The summed E-state index contributed by atoms with van der Waals surface area (Å²) >= 11 is 0. The average Bonchev–Trinajstić information content (AvgIpc) is 2.40. The Kier molecular flexibility index (Phi) is 4.91. The maximum Gasteiger partial charge on any atom is 0.0853 e. The minimum absolute atomic E-state index is 0.0251. The molecule has 0 bridgehead atoms. The number of aliphatic hydroxyl groups is 1. The van der Waals surface area contributed by atoms with Crippen LogP contribution in [0, 0.1) is 0 Å².